The third-order valence-corrected chi connectivity index (χ3v) is 6.62. The minimum absolute atomic E-state index is 0.0454. The number of nitrogens with zero attached hydrogens (tertiary/aromatic N) is 1. The average molecular weight is 459 g/mol. The molecule has 0 spiro atoms. The number of amides is 1. The molecule has 1 amide bonds. The summed E-state index contributed by atoms with van der Waals surface area (Å²) < 4.78 is 5.77. The fraction of sp³-hybridized carbons (Fsp3) is 0.667. The van der Waals surface area contributed by atoms with E-state index in [1.54, 1.807) is 6.92 Å². The van der Waals surface area contributed by atoms with Crippen LogP contribution in [0, 0.1) is 11.8 Å². The number of Topliss-reactive ketones (excluding diaryl/α,β-unsaturated/α-hetero) is 1. The summed E-state index contributed by atoms with van der Waals surface area (Å²) in [6.07, 6.45) is 3.17. The van der Waals surface area contributed by atoms with E-state index in [1.165, 1.54) is 6.92 Å². The molecule has 1 fully saturated rings. The number of esters is 1. The topological polar surface area (TPSA) is 75.7 Å². The third kappa shape index (κ3) is 7.66. The van der Waals surface area contributed by atoms with Crippen LogP contribution in [0.3, 0.4) is 0 Å². The monoisotopic (exact) mass is 458 g/mol. The number of likely N-dealkylation sites (tertiary alicyclic amines) is 1. The van der Waals surface area contributed by atoms with Crippen molar-refractivity contribution in [3.63, 3.8) is 0 Å². The largest absolute Gasteiger partial charge is 0.459 e. The Morgan fingerprint density at radius 1 is 1.09 bits per heavy atom. The molecule has 33 heavy (non-hydrogen) atoms. The Kier molecular flexibility index (Phi) is 9.65. The summed E-state index contributed by atoms with van der Waals surface area (Å²) in [5.41, 5.74) is 0.440. The van der Waals surface area contributed by atoms with Gasteiger partial charge in [-0.25, -0.2) is 0 Å². The van der Waals surface area contributed by atoms with Gasteiger partial charge in [-0.2, -0.15) is 0 Å². The van der Waals surface area contributed by atoms with Gasteiger partial charge < -0.3 is 10.1 Å². The van der Waals surface area contributed by atoms with Gasteiger partial charge in [-0.1, -0.05) is 57.0 Å². The molecule has 184 valence electrons. The molecule has 1 unspecified atom stereocenters. The standard InChI is InChI=1S/C27H42N2O4/c1-8-20(9-2)15-23(28-19(4)31)25-22(18(3)30)16-24(26(32)33-27(5,6)7)29(25)17-21-13-11-10-12-14-21/h10-14,20,22-25H,8-9,15-17H2,1-7H3,(H,28,31)/t22-,23-,24?,25+/m0/s1. The van der Waals surface area contributed by atoms with E-state index in [9.17, 15) is 14.4 Å². The van der Waals surface area contributed by atoms with E-state index in [2.05, 4.69) is 24.1 Å². The number of carbonyl (C=O) groups excluding carboxylic acids is 3. The summed E-state index contributed by atoms with van der Waals surface area (Å²) in [6.45, 7) is 13.5. The van der Waals surface area contributed by atoms with Crippen LogP contribution >= 0.6 is 0 Å². The van der Waals surface area contributed by atoms with Gasteiger partial charge >= 0.3 is 5.97 Å². The predicted octanol–water partition coefficient (Wildman–Crippen LogP) is 4.51. The van der Waals surface area contributed by atoms with Crippen molar-refractivity contribution in [2.24, 2.45) is 11.8 Å². The summed E-state index contributed by atoms with van der Waals surface area (Å²) in [4.78, 5) is 40.4. The molecule has 0 radical (unpaired) electrons. The van der Waals surface area contributed by atoms with Gasteiger partial charge in [0.1, 0.15) is 17.4 Å². The average Bonchev–Trinajstić information content (AvgIpc) is 3.10. The van der Waals surface area contributed by atoms with Gasteiger partial charge in [0.2, 0.25) is 5.91 Å². The zero-order valence-electron chi connectivity index (χ0n) is 21.4. The van der Waals surface area contributed by atoms with Gasteiger partial charge in [-0.15, -0.1) is 0 Å². The number of rotatable bonds is 10. The second kappa shape index (κ2) is 11.8. The van der Waals surface area contributed by atoms with Crippen LogP contribution in [-0.4, -0.2) is 46.3 Å². The summed E-state index contributed by atoms with van der Waals surface area (Å²) in [5, 5.41) is 3.14. The van der Waals surface area contributed by atoms with E-state index < -0.39 is 11.6 Å². The number of ketones is 1. The van der Waals surface area contributed by atoms with Crippen LogP contribution in [0.1, 0.15) is 79.7 Å². The lowest BCUT2D eigenvalue weighted by Gasteiger charge is -2.38. The maximum Gasteiger partial charge on any atom is 0.323 e. The molecule has 4 atom stereocenters. The van der Waals surface area contributed by atoms with Crippen LogP contribution in [-0.2, 0) is 25.7 Å². The minimum atomic E-state index is -0.619. The van der Waals surface area contributed by atoms with Crippen molar-refractivity contribution in [2.75, 3.05) is 0 Å². The number of benzene rings is 1. The number of hydrogen-bond acceptors (Lipinski definition) is 5. The highest BCUT2D eigenvalue weighted by Crippen LogP contribution is 2.37. The van der Waals surface area contributed by atoms with Gasteiger partial charge in [-0.05, 0) is 52.0 Å². The van der Waals surface area contributed by atoms with Gasteiger partial charge in [0, 0.05) is 31.5 Å². The van der Waals surface area contributed by atoms with Crippen molar-refractivity contribution in [1.29, 1.82) is 0 Å². The predicted molar refractivity (Wildman–Crippen MR) is 130 cm³/mol. The summed E-state index contributed by atoms with van der Waals surface area (Å²) in [7, 11) is 0. The van der Waals surface area contributed by atoms with E-state index in [0.717, 1.165) is 24.8 Å². The molecular formula is C27H42N2O4. The quantitative estimate of drug-likeness (QED) is 0.522. The molecule has 1 heterocycles. The molecule has 1 aliphatic rings. The molecule has 1 N–H and O–H groups in total. The first-order valence-corrected chi connectivity index (χ1v) is 12.3. The highest BCUT2D eigenvalue weighted by Gasteiger charge is 2.50. The fourth-order valence-corrected chi connectivity index (χ4v) is 5.01. The van der Waals surface area contributed by atoms with E-state index in [0.29, 0.717) is 18.9 Å². The molecule has 6 nitrogen and oxygen atoms in total. The van der Waals surface area contributed by atoms with E-state index in [4.69, 9.17) is 4.74 Å². The molecule has 1 aromatic rings. The first-order chi connectivity index (χ1) is 15.5. The van der Waals surface area contributed by atoms with Crippen molar-refractivity contribution in [3.05, 3.63) is 35.9 Å². The van der Waals surface area contributed by atoms with Crippen molar-refractivity contribution in [2.45, 2.75) is 104 Å². The van der Waals surface area contributed by atoms with Gasteiger partial charge in [0.15, 0.2) is 0 Å². The van der Waals surface area contributed by atoms with Crippen LogP contribution in [0.5, 0.6) is 0 Å². The number of carbonyl (C=O) groups is 3. The maximum absolute atomic E-state index is 13.3. The Bertz CT molecular complexity index is 798. The van der Waals surface area contributed by atoms with Crippen LogP contribution in [0.15, 0.2) is 30.3 Å². The minimum Gasteiger partial charge on any atom is -0.459 e. The fourth-order valence-electron chi connectivity index (χ4n) is 5.01. The van der Waals surface area contributed by atoms with Crippen LogP contribution in [0.2, 0.25) is 0 Å². The second-order valence-electron chi connectivity index (χ2n) is 10.4. The van der Waals surface area contributed by atoms with Crippen LogP contribution < -0.4 is 5.32 Å². The van der Waals surface area contributed by atoms with E-state index in [1.807, 2.05) is 51.1 Å². The van der Waals surface area contributed by atoms with E-state index in [-0.39, 0.29) is 35.7 Å². The summed E-state index contributed by atoms with van der Waals surface area (Å²) in [5.74, 6) is -0.306. The molecule has 0 saturated carbocycles. The van der Waals surface area contributed by atoms with Gasteiger partial charge in [0.05, 0.1) is 0 Å². The van der Waals surface area contributed by atoms with Gasteiger partial charge in [-0.3, -0.25) is 19.3 Å². The highest BCUT2D eigenvalue weighted by atomic mass is 16.6. The third-order valence-electron chi connectivity index (χ3n) is 6.62. The molecule has 0 aromatic heterocycles. The lowest BCUT2D eigenvalue weighted by molar-refractivity contribution is -0.161. The Hall–Kier alpha value is -2.21. The number of ether oxygens (including phenoxy) is 1. The summed E-state index contributed by atoms with van der Waals surface area (Å²) in [6, 6.07) is 8.92. The molecule has 1 aromatic carbocycles. The van der Waals surface area contributed by atoms with Crippen molar-refractivity contribution < 1.29 is 19.1 Å². The highest BCUT2D eigenvalue weighted by molar-refractivity contribution is 5.83. The van der Waals surface area contributed by atoms with Crippen molar-refractivity contribution in [1.82, 2.24) is 10.2 Å². The Balaban J connectivity index is 2.51. The Morgan fingerprint density at radius 2 is 1.70 bits per heavy atom. The first-order valence-electron chi connectivity index (χ1n) is 12.3. The first kappa shape index (κ1) is 27.0. The van der Waals surface area contributed by atoms with Crippen LogP contribution in [0.25, 0.3) is 0 Å². The van der Waals surface area contributed by atoms with Crippen LogP contribution in [0.4, 0.5) is 0 Å². The zero-order chi connectivity index (χ0) is 24.8. The Morgan fingerprint density at radius 3 is 2.18 bits per heavy atom. The molecule has 1 aliphatic heterocycles. The molecule has 6 heteroatoms. The summed E-state index contributed by atoms with van der Waals surface area (Å²) >= 11 is 0. The molecule has 2 rings (SSSR count). The normalized spacial score (nSPS) is 22.2. The number of hydrogen-bond donors (Lipinski definition) is 1. The smallest absolute Gasteiger partial charge is 0.323 e. The van der Waals surface area contributed by atoms with Crippen molar-refractivity contribution >= 4 is 17.7 Å². The van der Waals surface area contributed by atoms with E-state index >= 15 is 0 Å². The lowest BCUT2D eigenvalue weighted by atomic mass is 9.84. The molecule has 1 saturated heterocycles. The Labute approximate surface area is 199 Å². The SMILES string of the molecule is CCC(CC)C[C@H](NC(C)=O)[C@H]1[C@H](C(C)=O)CC(C(=O)OC(C)(C)C)N1Cc1ccccc1. The van der Waals surface area contributed by atoms with Gasteiger partial charge in [0.25, 0.3) is 0 Å². The number of nitrogens with one attached hydrogen (secondary N) is 1. The van der Waals surface area contributed by atoms with Crippen molar-refractivity contribution in [3.8, 4) is 0 Å². The lowest BCUT2D eigenvalue weighted by Crippen LogP contribution is -2.54. The zero-order valence-corrected chi connectivity index (χ0v) is 21.4. The second-order valence-corrected chi connectivity index (χ2v) is 10.4. The molecule has 0 aliphatic carbocycles. The molecule has 0 bridgehead atoms. The molecular weight excluding hydrogens is 416 g/mol. The maximum atomic E-state index is 13.3.